The molecule has 7 aromatic rings. The van der Waals surface area contributed by atoms with E-state index >= 15 is 0 Å². The molecule has 0 amide bonds. The molecule has 0 aliphatic carbocycles. The first-order valence-corrected chi connectivity index (χ1v) is 15.7. The van der Waals surface area contributed by atoms with Crippen LogP contribution in [0.25, 0.3) is 44.4 Å². The molecule has 0 N–H and O–H groups in total. The lowest BCUT2D eigenvalue weighted by molar-refractivity contribution is 0.392. The third kappa shape index (κ3) is 4.90. The minimum absolute atomic E-state index is 0.712. The Balaban J connectivity index is 1.30. The van der Waals surface area contributed by atoms with Crippen LogP contribution in [-0.2, 0) is 0 Å². The summed E-state index contributed by atoms with van der Waals surface area (Å²) < 4.78 is 22.6. The van der Waals surface area contributed by atoms with Crippen molar-refractivity contribution in [3.63, 3.8) is 0 Å². The van der Waals surface area contributed by atoms with Crippen LogP contribution in [0.3, 0.4) is 0 Å². The number of hydrogen-bond acceptors (Lipinski definition) is 5. The summed E-state index contributed by atoms with van der Waals surface area (Å²) in [5.74, 6) is 3.94. The second-order valence-corrected chi connectivity index (χ2v) is 12.1. The van der Waals surface area contributed by atoms with E-state index in [1.807, 2.05) is 54.2 Å². The minimum Gasteiger partial charge on any atom is -0.496 e. The first kappa shape index (κ1) is 30.1. The average molecular weight is 623 g/mol. The molecular weight excluding hydrogens is 584 g/mol. The Morgan fingerprint density at radius 2 is 1.32 bits per heavy atom. The Bertz CT molecular complexity index is 2300. The molecule has 4 aromatic carbocycles. The highest BCUT2D eigenvalue weighted by Gasteiger charge is 2.26. The first-order chi connectivity index (χ1) is 22.7. The molecule has 0 saturated heterocycles. The van der Waals surface area contributed by atoms with Crippen molar-refractivity contribution in [2.75, 3.05) is 14.2 Å². The Labute approximate surface area is 275 Å². The number of rotatable bonds is 7. The van der Waals surface area contributed by atoms with Crippen LogP contribution in [0.5, 0.6) is 23.0 Å². The van der Waals surface area contributed by atoms with Gasteiger partial charge in [0.2, 0.25) is 0 Å². The van der Waals surface area contributed by atoms with E-state index in [2.05, 4.69) is 81.7 Å². The van der Waals surface area contributed by atoms with Crippen molar-refractivity contribution in [2.24, 2.45) is 0 Å². The summed E-state index contributed by atoms with van der Waals surface area (Å²) >= 11 is 0. The van der Waals surface area contributed by atoms with Gasteiger partial charge < -0.3 is 14.2 Å². The van der Waals surface area contributed by atoms with Gasteiger partial charge in [-0.05, 0) is 106 Å². The number of hydrogen-bond donors (Lipinski definition) is 0. The Morgan fingerprint density at radius 1 is 0.617 bits per heavy atom. The monoisotopic (exact) mass is 622 g/mol. The summed E-state index contributed by atoms with van der Waals surface area (Å²) in [5.41, 5.74) is 11.3. The zero-order valence-corrected chi connectivity index (χ0v) is 28.1. The second-order valence-electron chi connectivity index (χ2n) is 12.1. The van der Waals surface area contributed by atoms with Gasteiger partial charge in [0.05, 0.1) is 42.2 Å². The number of ether oxygens (including phenoxy) is 3. The van der Waals surface area contributed by atoms with Gasteiger partial charge >= 0.3 is 0 Å². The van der Waals surface area contributed by atoms with Gasteiger partial charge in [0, 0.05) is 40.4 Å². The summed E-state index contributed by atoms with van der Waals surface area (Å²) in [7, 11) is 3.43. The van der Waals surface area contributed by atoms with Gasteiger partial charge in [-0.25, -0.2) is 9.67 Å². The van der Waals surface area contributed by atoms with E-state index < -0.39 is 0 Å². The molecule has 0 atom stereocenters. The predicted molar refractivity (Wildman–Crippen MR) is 189 cm³/mol. The lowest BCUT2D eigenvalue weighted by Crippen LogP contribution is -2.03. The lowest BCUT2D eigenvalue weighted by Gasteiger charge is -2.21. The fourth-order valence-corrected chi connectivity index (χ4v) is 6.81. The smallest absolute Gasteiger partial charge is 0.137 e. The molecule has 3 heterocycles. The maximum absolute atomic E-state index is 6.52. The highest BCUT2D eigenvalue weighted by atomic mass is 16.5. The molecule has 7 heteroatoms. The molecule has 0 spiro atoms. The van der Waals surface area contributed by atoms with E-state index in [1.54, 1.807) is 14.2 Å². The second kappa shape index (κ2) is 11.7. The van der Waals surface area contributed by atoms with Crippen LogP contribution in [-0.4, -0.2) is 33.6 Å². The van der Waals surface area contributed by atoms with Gasteiger partial charge in [0.15, 0.2) is 0 Å². The molecule has 0 bridgehead atoms. The van der Waals surface area contributed by atoms with Gasteiger partial charge in [-0.2, -0.15) is 5.10 Å². The van der Waals surface area contributed by atoms with Gasteiger partial charge in [0.1, 0.15) is 28.8 Å². The van der Waals surface area contributed by atoms with Crippen LogP contribution in [0.4, 0.5) is 0 Å². The number of nitrogens with zero attached hydrogens (tertiary/aromatic N) is 4. The number of methoxy groups -OCH3 is 2. The highest BCUT2D eigenvalue weighted by Crippen LogP contribution is 2.47. The van der Waals surface area contributed by atoms with Crippen LogP contribution in [0, 0.1) is 41.5 Å². The highest BCUT2D eigenvalue weighted by molar-refractivity contribution is 6.09. The van der Waals surface area contributed by atoms with Crippen LogP contribution in [0.2, 0.25) is 0 Å². The Hall–Kier alpha value is -5.56. The summed E-state index contributed by atoms with van der Waals surface area (Å²) in [5, 5.41) is 7.31. The third-order valence-electron chi connectivity index (χ3n) is 9.28. The lowest BCUT2D eigenvalue weighted by atomic mass is 9.92. The van der Waals surface area contributed by atoms with E-state index in [-0.39, 0.29) is 0 Å². The van der Waals surface area contributed by atoms with Crippen LogP contribution in [0.15, 0.2) is 85.1 Å². The van der Waals surface area contributed by atoms with Crippen LogP contribution in [0.1, 0.15) is 33.6 Å². The standard InChI is InChI=1S/C40H38N4O3/c1-23-18-19-41-36(20-23)43-34-15-10-9-14-32(34)33-17-16-31(22-35(33)43)47-30-13-11-12-29(21-30)44-28(6)37(27(5)42-44)38-39(45-7)25(3)24(2)26(4)40(38)46-8/h9-22H,1-8H3. The molecular formula is C40H38N4O3. The molecule has 0 radical (unpaired) electrons. The van der Waals surface area contributed by atoms with E-state index in [0.29, 0.717) is 5.75 Å². The molecule has 47 heavy (non-hydrogen) atoms. The molecule has 7 rings (SSSR count). The predicted octanol–water partition coefficient (Wildman–Crippen LogP) is 9.69. The molecule has 0 aliphatic heterocycles. The van der Waals surface area contributed by atoms with Crippen molar-refractivity contribution < 1.29 is 14.2 Å². The van der Waals surface area contributed by atoms with E-state index in [4.69, 9.17) is 24.3 Å². The molecule has 0 aliphatic rings. The summed E-state index contributed by atoms with van der Waals surface area (Å²) in [6.07, 6.45) is 1.86. The summed E-state index contributed by atoms with van der Waals surface area (Å²) in [6, 6.07) is 26.8. The fourth-order valence-electron chi connectivity index (χ4n) is 6.81. The Kier molecular flexibility index (Phi) is 7.47. The summed E-state index contributed by atoms with van der Waals surface area (Å²) in [4.78, 5) is 4.71. The van der Waals surface area contributed by atoms with Crippen LogP contribution >= 0.6 is 0 Å². The van der Waals surface area contributed by atoms with E-state index in [9.17, 15) is 0 Å². The average Bonchev–Trinajstić information content (AvgIpc) is 3.56. The number of fused-ring (bicyclic) bond motifs is 3. The molecule has 236 valence electrons. The van der Waals surface area contributed by atoms with Crippen molar-refractivity contribution in [1.82, 2.24) is 19.3 Å². The van der Waals surface area contributed by atoms with Crippen LogP contribution < -0.4 is 14.2 Å². The number of benzene rings is 4. The van der Waals surface area contributed by atoms with Crippen molar-refractivity contribution >= 4 is 21.8 Å². The third-order valence-corrected chi connectivity index (χ3v) is 9.28. The molecule has 0 fully saturated rings. The minimum atomic E-state index is 0.712. The molecule has 0 saturated carbocycles. The fraction of sp³-hybridized carbons (Fsp3) is 0.200. The topological polar surface area (TPSA) is 63.3 Å². The number of aryl methyl sites for hydroxylation is 2. The number of para-hydroxylation sites is 1. The molecule has 7 nitrogen and oxygen atoms in total. The van der Waals surface area contributed by atoms with Gasteiger partial charge in [-0.1, -0.05) is 24.3 Å². The van der Waals surface area contributed by atoms with E-state index in [1.165, 1.54) is 5.39 Å². The largest absolute Gasteiger partial charge is 0.496 e. The summed E-state index contributed by atoms with van der Waals surface area (Å²) in [6.45, 7) is 12.5. The zero-order valence-electron chi connectivity index (χ0n) is 28.1. The van der Waals surface area contributed by atoms with Gasteiger partial charge in [0.25, 0.3) is 0 Å². The van der Waals surface area contributed by atoms with Crippen molar-refractivity contribution in [3.05, 3.63) is 119 Å². The zero-order chi connectivity index (χ0) is 33.0. The van der Waals surface area contributed by atoms with Gasteiger partial charge in [-0.15, -0.1) is 0 Å². The Morgan fingerprint density at radius 3 is 2.04 bits per heavy atom. The van der Waals surface area contributed by atoms with E-state index in [0.717, 1.165) is 89.9 Å². The molecule has 3 aromatic heterocycles. The number of aromatic nitrogens is 4. The van der Waals surface area contributed by atoms with Crippen molar-refractivity contribution in [1.29, 1.82) is 0 Å². The first-order valence-electron chi connectivity index (χ1n) is 15.7. The van der Waals surface area contributed by atoms with Gasteiger partial charge in [-0.3, -0.25) is 4.57 Å². The maximum Gasteiger partial charge on any atom is 0.137 e. The van der Waals surface area contributed by atoms with Crippen molar-refractivity contribution in [3.8, 4) is 45.6 Å². The van der Waals surface area contributed by atoms with Crippen molar-refractivity contribution in [2.45, 2.75) is 41.5 Å². The quantitative estimate of drug-likeness (QED) is 0.177. The maximum atomic E-state index is 6.52. The molecule has 0 unspecified atom stereocenters. The number of pyridine rings is 1. The normalized spacial score (nSPS) is 11.4. The SMILES string of the molecule is COc1c(C)c(C)c(C)c(OC)c1-c1c(C)nn(-c2cccc(Oc3ccc4c5ccccc5n(-c5cc(C)ccn5)c4c3)c2)c1C.